The van der Waals surface area contributed by atoms with Gasteiger partial charge in [-0.2, -0.15) is 0 Å². The summed E-state index contributed by atoms with van der Waals surface area (Å²) in [5.74, 6) is -2.68. The van der Waals surface area contributed by atoms with Crippen LogP contribution in [0.15, 0.2) is 29.2 Å². The van der Waals surface area contributed by atoms with Gasteiger partial charge in [-0.15, -0.1) is 0 Å². The van der Waals surface area contributed by atoms with Gasteiger partial charge in [0.1, 0.15) is 5.82 Å². The molecular weight excluding hydrogens is 337 g/mol. The highest BCUT2D eigenvalue weighted by atomic mass is 32.2. The van der Waals surface area contributed by atoms with E-state index >= 15 is 0 Å². The van der Waals surface area contributed by atoms with E-state index in [1.54, 1.807) is 6.92 Å². The quantitative estimate of drug-likeness (QED) is 0.808. The number of likely N-dealkylation sites (tertiary alicyclic amines) is 1. The molecule has 1 aromatic carbocycles. The van der Waals surface area contributed by atoms with Crippen molar-refractivity contribution in [2.24, 2.45) is 11.8 Å². The molecule has 8 heteroatoms. The zero-order valence-electron chi connectivity index (χ0n) is 13.5. The number of nitrogens with zero attached hydrogens (tertiary/aromatic N) is 1. The lowest BCUT2D eigenvalue weighted by Gasteiger charge is -2.19. The van der Waals surface area contributed by atoms with Crippen LogP contribution < -0.4 is 0 Å². The molecule has 0 saturated carbocycles. The molecule has 1 aliphatic rings. The molecule has 0 spiro atoms. The maximum Gasteiger partial charge on any atom is 0.308 e. The summed E-state index contributed by atoms with van der Waals surface area (Å²) in [6.45, 7) is 3.58. The third-order valence-corrected chi connectivity index (χ3v) is 6.57. The molecule has 0 bridgehead atoms. The molecule has 3 atom stereocenters. The van der Waals surface area contributed by atoms with Gasteiger partial charge in [0, 0.05) is 19.5 Å². The summed E-state index contributed by atoms with van der Waals surface area (Å²) < 4.78 is 37.8. The lowest BCUT2D eigenvalue weighted by atomic mass is 9.99. The standard InChI is InChI=1S/C16H20FNO5S/c1-10-8-18(9-14(10)16(20)21)15(19)7-11(2)24(22,23)13-5-3-12(17)4-6-13/h3-6,10-11,14H,7-9H2,1-2H3,(H,20,21)/t10-,11?,14-/m1/s1. The fourth-order valence-electron chi connectivity index (χ4n) is 2.83. The first-order valence-electron chi connectivity index (χ1n) is 7.63. The van der Waals surface area contributed by atoms with Crippen molar-refractivity contribution >= 4 is 21.7 Å². The third-order valence-electron chi connectivity index (χ3n) is 4.42. The van der Waals surface area contributed by atoms with E-state index in [9.17, 15) is 22.4 Å². The van der Waals surface area contributed by atoms with Crippen molar-refractivity contribution in [1.29, 1.82) is 0 Å². The van der Waals surface area contributed by atoms with Crippen LogP contribution in [0, 0.1) is 17.7 Å². The molecule has 0 aliphatic carbocycles. The van der Waals surface area contributed by atoms with E-state index in [4.69, 9.17) is 5.11 Å². The van der Waals surface area contributed by atoms with Gasteiger partial charge in [0.05, 0.1) is 16.1 Å². The highest BCUT2D eigenvalue weighted by Gasteiger charge is 2.38. The summed E-state index contributed by atoms with van der Waals surface area (Å²) in [5.41, 5.74) is 0. The molecule has 6 nitrogen and oxygen atoms in total. The number of carbonyl (C=O) groups excluding carboxylic acids is 1. The van der Waals surface area contributed by atoms with E-state index in [2.05, 4.69) is 0 Å². The van der Waals surface area contributed by atoms with Crippen LogP contribution in [0.4, 0.5) is 4.39 Å². The number of hydrogen-bond acceptors (Lipinski definition) is 4. The number of carboxylic acids is 1. The molecule has 1 heterocycles. The summed E-state index contributed by atoms with van der Waals surface area (Å²) in [6.07, 6.45) is -0.237. The van der Waals surface area contributed by atoms with E-state index in [1.165, 1.54) is 24.0 Å². The van der Waals surface area contributed by atoms with Crippen LogP contribution in [-0.2, 0) is 19.4 Å². The van der Waals surface area contributed by atoms with E-state index in [0.29, 0.717) is 6.54 Å². The second kappa shape index (κ2) is 6.88. The monoisotopic (exact) mass is 357 g/mol. The number of aliphatic carboxylic acids is 1. The fraction of sp³-hybridized carbons (Fsp3) is 0.500. The van der Waals surface area contributed by atoms with Crippen LogP contribution >= 0.6 is 0 Å². The van der Waals surface area contributed by atoms with Gasteiger partial charge in [0.15, 0.2) is 9.84 Å². The normalized spacial score (nSPS) is 22.4. The Balaban J connectivity index is 2.06. The summed E-state index contributed by atoms with van der Waals surface area (Å²) in [6, 6.07) is 4.45. The van der Waals surface area contributed by atoms with Gasteiger partial charge in [-0.3, -0.25) is 9.59 Å². The molecule has 1 aromatic rings. The third kappa shape index (κ3) is 3.75. The van der Waals surface area contributed by atoms with Crippen molar-refractivity contribution in [2.45, 2.75) is 30.4 Å². The zero-order chi connectivity index (χ0) is 18.1. The number of benzene rings is 1. The van der Waals surface area contributed by atoms with Gasteiger partial charge in [-0.05, 0) is 37.1 Å². The molecule has 1 unspecified atom stereocenters. The average molecular weight is 357 g/mol. The SMILES string of the molecule is CC(CC(=O)N1C[C@@H](C)[C@H](C(=O)O)C1)S(=O)(=O)c1ccc(F)cc1. The van der Waals surface area contributed by atoms with Crippen LogP contribution in [0.5, 0.6) is 0 Å². The van der Waals surface area contributed by atoms with Crippen molar-refractivity contribution in [3.05, 3.63) is 30.1 Å². The molecule has 1 aliphatic heterocycles. The number of halogens is 1. The molecule has 132 valence electrons. The van der Waals surface area contributed by atoms with Crippen LogP contribution in [0.25, 0.3) is 0 Å². The largest absolute Gasteiger partial charge is 0.481 e. The molecule has 2 rings (SSSR count). The van der Waals surface area contributed by atoms with Crippen molar-refractivity contribution in [1.82, 2.24) is 4.90 Å². The number of amides is 1. The van der Waals surface area contributed by atoms with Gasteiger partial charge in [0.2, 0.25) is 5.91 Å². The smallest absolute Gasteiger partial charge is 0.308 e. The number of carboxylic acid groups (broad SMARTS) is 1. The molecule has 0 aromatic heterocycles. The molecule has 24 heavy (non-hydrogen) atoms. The van der Waals surface area contributed by atoms with Crippen molar-refractivity contribution in [2.75, 3.05) is 13.1 Å². The molecule has 1 amide bonds. The summed E-state index contributed by atoms with van der Waals surface area (Å²) >= 11 is 0. The lowest BCUT2D eigenvalue weighted by molar-refractivity contribution is -0.142. The van der Waals surface area contributed by atoms with E-state index < -0.39 is 32.8 Å². The summed E-state index contributed by atoms with van der Waals surface area (Å²) in [4.78, 5) is 24.8. The summed E-state index contributed by atoms with van der Waals surface area (Å²) in [5, 5.41) is 8.12. The van der Waals surface area contributed by atoms with Crippen LogP contribution in [0.3, 0.4) is 0 Å². The molecule has 1 saturated heterocycles. The highest BCUT2D eigenvalue weighted by Crippen LogP contribution is 2.25. The van der Waals surface area contributed by atoms with Gasteiger partial charge in [-0.1, -0.05) is 6.92 Å². The average Bonchev–Trinajstić information content (AvgIpc) is 2.90. The summed E-state index contributed by atoms with van der Waals surface area (Å²) in [7, 11) is -3.75. The number of carbonyl (C=O) groups is 2. The molecule has 1 N–H and O–H groups in total. The van der Waals surface area contributed by atoms with Crippen molar-refractivity contribution in [3.8, 4) is 0 Å². The Morgan fingerprint density at radius 1 is 1.29 bits per heavy atom. The van der Waals surface area contributed by atoms with E-state index in [-0.39, 0.29) is 29.7 Å². The second-order valence-corrected chi connectivity index (χ2v) is 8.60. The van der Waals surface area contributed by atoms with Crippen LogP contribution in [-0.4, -0.2) is 48.6 Å². The zero-order valence-corrected chi connectivity index (χ0v) is 14.3. The number of sulfone groups is 1. The minimum Gasteiger partial charge on any atom is -0.481 e. The first kappa shape index (κ1) is 18.4. The van der Waals surface area contributed by atoms with Gasteiger partial charge in [0.25, 0.3) is 0 Å². The minimum atomic E-state index is -3.75. The Hall–Kier alpha value is -1.96. The maximum absolute atomic E-state index is 12.9. The Bertz CT molecular complexity index is 731. The molecule has 0 radical (unpaired) electrons. The minimum absolute atomic E-state index is 0.0394. The van der Waals surface area contributed by atoms with Gasteiger partial charge < -0.3 is 10.0 Å². The predicted molar refractivity (Wildman–Crippen MR) is 84.5 cm³/mol. The topological polar surface area (TPSA) is 91.8 Å². The number of hydrogen-bond donors (Lipinski definition) is 1. The van der Waals surface area contributed by atoms with Crippen LogP contribution in [0.1, 0.15) is 20.3 Å². The predicted octanol–water partition coefficient (Wildman–Crippen LogP) is 1.56. The van der Waals surface area contributed by atoms with Crippen LogP contribution in [0.2, 0.25) is 0 Å². The first-order valence-corrected chi connectivity index (χ1v) is 9.17. The van der Waals surface area contributed by atoms with E-state index in [0.717, 1.165) is 12.1 Å². The first-order chi connectivity index (χ1) is 11.1. The fourth-order valence-corrected chi connectivity index (χ4v) is 4.18. The van der Waals surface area contributed by atoms with Crippen molar-refractivity contribution < 1.29 is 27.5 Å². The van der Waals surface area contributed by atoms with Gasteiger partial charge >= 0.3 is 5.97 Å². The van der Waals surface area contributed by atoms with E-state index in [1.807, 2.05) is 0 Å². The molecule has 1 fully saturated rings. The Morgan fingerprint density at radius 2 is 1.88 bits per heavy atom. The molecular formula is C16H20FNO5S. The Morgan fingerprint density at radius 3 is 2.38 bits per heavy atom. The van der Waals surface area contributed by atoms with Gasteiger partial charge in [-0.25, -0.2) is 12.8 Å². The second-order valence-electron chi connectivity index (χ2n) is 6.23. The Kier molecular flexibility index (Phi) is 5.27. The number of rotatable bonds is 5. The highest BCUT2D eigenvalue weighted by molar-refractivity contribution is 7.92. The Labute approximate surface area is 140 Å². The maximum atomic E-state index is 12.9. The van der Waals surface area contributed by atoms with Crippen molar-refractivity contribution in [3.63, 3.8) is 0 Å². The lowest BCUT2D eigenvalue weighted by Crippen LogP contribution is -2.34.